The molecule has 0 unspecified atom stereocenters. The highest BCUT2D eigenvalue weighted by Crippen LogP contribution is 2.28. The second-order valence-corrected chi connectivity index (χ2v) is 4.71. The van der Waals surface area contributed by atoms with E-state index >= 15 is 0 Å². The first kappa shape index (κ1) is 12.5. The van der Waals surface area contributed by atoms with Crippen LogP contribution in [-0.2, 0) is 6.54 Å². The predicted molar refractivity (Wildman–Crippen MR) is 72.5 cm³/mol. The Morgan fingerprint density at radius 3 is 2.89 bits per heavy atom. The summed E-state index contributed by atoms with van der Waals surface area (Å²) in [6, 6.07) is 7.82. The Morgan fingerprint density at radius 2 is 2.22 bits per heavy atom. The molecule has 1 aromatic heterocycles. The van der Waals surface area contributed by atoms with Gasteiger partial charge in [0.05, 0.1) is 19.2 Å². The van der Waals surface area contributed by atoms with E-state index in [1.165, 1.54) is 0 Å². The second kappa shape index (κ2) is 4.75. The normalized spacial score (nSPS) is 11.4. The lowest BCUT2D eigenvalue weighted by Crippen LogP contribution is -2.36. The standard InChI is InChI=1S/C15H17NO2/c1-5-15(2,3)16-10-12-9-11-7-6-8-13(17-4)14(11)18-12/h1,6-9,16H,10H2,2-4H3. The summed E-state index contributed by atoms with van der Waals surface area (Å²) < 4.78 is 11.0. The maximum atomic E-state index is 5.77. The highest BCUT2D eigenvalue weighted by Gasteiger charge is 2.14. The molecule has 3 heteroatoms. The van der Waals surface area contributed by atoms with Crippen LogP contribution in [0.1, 0.15) is 19.6 Å². The Bertz CT molecular complexity index is 590. The highest BCUT2D eigenvalue weighted by molar-refractivity contribution is 5.83. The third-order valence-corrected chi connectivity index (χ3v) is 2.84. The molecule has 0 fully saturated rings. The van der Waals surface area contributed by atoms with Crippen molar-refractivity contribution in [2.75, 3.05) is 7.11 Å². The van der Waals surface area contributed by atoms with Gasteiger partial charge in [-0.3, -0.25) is 5.32 Å². The van der Waals surface area contributed by atoms with Gasteiger partial charge in [-0.2, -0.15) is 0 Å². The molecular weight excluding hydrogens is 226 g/mol. The Labute approximate surface area is 107 Å². The largest absolute Gasteiger partial charge is 0.493 e. The molecule has 0 saturated carbocycles. The molecule has 0 atom stereocenters. The van der Waals surface area contributed by atoms with Gasteiger partial charge in [0.2, 0.25) is 0 Å². The highest BCUT2D eigenvalue weighted by atomic mass is 16.5. The second-order valence-electron chi connectivity index (χ2n) is 4.71. The SMILES string of the molecule is C#CC(C)(C)NCc1cc2cccc(OC)c2o1. The lowest BCUT2D eigenvalue weighted by Gasteiger charge is -2.18. The van der Waals surface area contributed by atoms with Crippen LogP contribution in [0.25, 0.3) is 11.0 Å². The summed E-state index contributed by atoms with van der Waals surface area (Å²) in [6.45, 7) is 4.50. The zero-order valence-electron chi connectivity index (χ0n) is 10.9. The van der Waals surface area contributed by atoms with E-state index < -0.39 is 0 Å². The average molecular weight is 243 g/mol. The number of ether oxygens (including phenoxy) is 1. The van der Waals surface area contributed by atoms with Crippen LogP contribution in [0.3, 0.4) is 0 Å². The molecule has 3 nitrogen and oxygen atoms in total. The molecule has 1 heterocycles. The molecule has 0 aliphatic heterocycles. The van der Waals surface area contributed by atoms with E-state index in [1.807, 2.05) is 38.1 Å². The minimum atomic E-state index is -0.344. The predicted octanol–water partition coefficient (Wildman–Crippen LogP) is 2.94. The smallest absolute Gasteiger partial charge is 0.176 e. The summed E-state index contributed by atoms with van der Waals surface area (Å²) in [4.78, 5) is 0. The van der Waals surface area contributed by atoms with Gasteiger partial charge in [0, 0.05) is 5.39 Å². The van der Waals surface area contributed by atoms with Crippen LogP contribution in [0.4, 0.5) is 0 Å². The van der Waals surface area contributed by atoms with Gasteiger partial charge in [0.1, 0.15) is 5.76 Å². The van der Waals surface area contributed by atoms with Crippen LogP contribution in [0.5, 0.6) is 5.75 Å². The summed E-state index contributed by atoms with van der Waals surface area (Å²) in [5.41, 5.74) is 0.429. The molecule has 0 aliphatic rings. The minimum absolute atomic E-state index is 0.344. The zero-order chi connectivity index (χ0) is 13.2. The van der Waals surface area contributed by atoms with E-state index in [9.17, 15) is 0 Å². The van der Waals surface area contributed by atoms with Crippen LogP contribution in [0.15, 0.2) is 28.7 Å². The number of para-hydroxylation sites is 1. The molecule has 0 bridgehead atoms. The lowest BCUT2D eigenvalue weighted by atomic mass is 10.1. The number of nitrogens with one attached hydrogen (secondary N) is 1. The Kier molecular flexibility index (Phi) is 3.31. The quantitative estimate of drug-likeness (QED) is 0.838. The van der Waals surface area contributed by atoms with Gasteiger partial charge in [-0.25, -0.2) is 0 Å². The number of methoxy groups -OCH3 is 1. The fourth-order valence-electron chi connectivity index (χ4n) is 1.70. The summed E-state index contributed by atoms with van der Waals surface area (Å²) in [6.07, 6.45) is 5.43. The van der Waals surface area contributed by atoms with E-state index in [-0.39, 0.29) is 5.54 Å². The molecule has 0 spiro atoms. The van der Waals surface area contributed by atoms with Crippen LogP contribution < -0.4 is 10.1 Å². The Balaban J connectivity index is 2.24. The Hall–Kier alpha value is -1.92. The minimum Gasteiger partial charge on any atom is -0.493 e. The van der Waals surface area contributed by atoms with Crippen molar-refractivity contribution in [3.05, 3.63) is 30.0 Å². The molecule has 18 heavy (non-hydrogen) atoms. The number of furan rings is 1. The van der Waals surface area contributed by atoms with Gasteiger partial charge in [-0.15, -0.1) is 6.42 Å². The van der Waals surface area contributed by atoms with E-state index in [0.29, 0.717) is 6.54 Å². The van der Waals surface area contributed by atoms with Crippen molar-refractivity contribution < 1.29 is 9.15 Å². The van der Waals surface area contributed by atoms with Crippen molar-refractivity contribution in [1.82, 2.24) is 5.32 Å². The van der Waals surface area contributed by atoms with Gasteiger partial charge < -0.3 is 9.15 Å². The van der Waals surface area contributed by atoms with Crippen molar-refractivity contribution in [3.8, 4) is 18.1 Å². The van der Waals surface area contributed by atoms with Crippen molar-refractivity contribution >= 4 is 11.0 Å². The fourth-order valence-corrected chi connectivity index (χ4v) is 1.70. The molecule has 94 valence electrons. The van der Waals surface area contributed by atoms with Gasteiger partial charge in [0.15, 0.2) is 11.3 Å². The molecule has 0 amide bonds. The zero-order valence-corrected chi connectivity index (χ0v) is 10.9. The van der Waals surface area contributed by atoms with Gasteiger partial charge in [0.25, 0.3) is 0 Å². The van der Waals surface area contributed by atoms with Gasteiger partial charge in [-0.05, 0) is 26.0 Å². The number of benzene rings is 1. The third-order valence-electron chi connectivity index (χ3n) is 2.84. The molecule has 2 rings (SSSR count). The molecule has 0 aliphatic carbocycles. The van der Waals surface area contributed by atoms with Crippen LogP contribution >= 0.6 is 0 Å². The number of rotatable bonds is 4. The topological polar surface area (TPSA) is 34.4 Å². The monoisotopic (exact) mass is 243 g/mol. The van der Waals surface area contributed by atoms with Crippen molar-refractivity contribution in [3.63, 3.8) is 0 Å². The molecular formula is C15H17NO2. The lowest BCUT2D eigenvalue weighted by molar-refractivity contribution is 0.401. The van der Waals surface area contributed by atoms with E-state index in [4.69, 9.17) is 15.6 Å². The van der Waals surface area contributed by atoms with Gasteiger partial charge >= 0.3 is 0 Å². The van der Waals surface area contributed by atoms with E-state index in [1.54, 1.807) is 7.11 Å². The first-order valence-electron chi connectivity index (χ1n) is 5.84. The van der Waals surface area contributed by atoms with Gasteiger partial charge in [-0.1, -0.05) is 18.1 Å². The Morgan fingerprint density at radius 1 is 1.44 bits per heavy atom. The van der Waals surface area contributed by atoms with Crippen LogP contribution in [0.2, 0.25) is 0 Å². The van der Waals surface area contributed by atoms with Crippen molar-refractivity contribution in [1.29, 1.82) is 0 Å². The third kappa shape index (κ3) is 2.49. The van der Waals surface area contributed by atoms with E-state index in [0.717, 1.165) is 22.5 Å². The van der Waals surface area contributed by atoms with E-state index in [2.05, 4.69) is 11.2 Å². The first-order chi connectivity index (χ1) is 8.55. The average Bonchev–Trinajstić information content (AvgIpc) is 2.79. The molecule has 0 saturated heterocycles. The summed E-state index contributed by atoms with van der Waals surface area (Å²) >= 11 is 0. The molecule has 0 radical (unpaired) electrons. The number of hydrogen-bond acceptors (Lipinski definition) is 3. The summed E-state index contributed by atoms with van der Waals surface area (Å²) in [7, 11) is 1.64. The summed E-state index contributed by atoms with van der Waals surface area (Å²) in [5, 5.41) is 4.28. The molecule has 1 N–H and O–H groups in total. The summed E-state index contributed by atoms with van der Waals surface area (Å²) in [5.74, 6) is 4.28. The van der Waals surface area contributed by atoms with Crippen molar-refractivity contribution in [2.45, 2.75) is 25.9 Å². The maximum Gasteiger partial charge on any atom is 0.176 e. The maximum absolute atomic E-state index is 5.77. The first-order valence-corrected chi connectivity index (χ1v) is 5.84. The van der Waals surface area contributed by atoms with Crippen molar-refractivity contribution in [2.24, 2.45) is 0 Å². The van der Waals surface area contributed by atoms with Crippen LogP contribution in [-0.4, -0.2) is 12.6 Å². The fraction of sp³-hybridized carbons (Fsp3) is 0.333. The molecule has 2 aromatic rings. The van der Waals surface area contributed by atoms with Crippen LogP contribution in [0, 0.1) is 12.3 Å². The number of hydrogen-bond donors (Lipinski definition) is 1. The molecule has 1 aromatic carbocycles. The number of terminal acetylenes is 1. The number of fused-ring (bicyclic) bond motifs is 1.